The molecule has 1 heterocycles. The predicted octanol–water partition coefficient (Wildman–Crippen LogP) is 2.27. The van der Waals surface area contributed by atoms with Crippen LogP contribution >= 0.6 is 0 Å². The number of anilines is 1. The van der Waals surface area contributed by atoms with Crippen molar-refractivity contribution in [3.63, 3.8) is 0 Å². The van der Waals surface area contributed by atoms with Crippen LogP contribution in [0.15, 0.2) is 24.3 Å². The van der Waals surface area contributed by atoms with Crippen LogP contribution in [0, 0.1) is 11.3 Å². The highest BCUT2D eigenvalue weighted by molar-refractivity contribution is 5.85. The molecule has 1 aromatic rings. The Balaban J connectivity index is 2.17. The average molecular weight is 286 g/mol. The molecule has 1 aliphatic rings. The Kier molecular flexibility index (Phi) is 4.96. The second-order valence-corrected chi connectivity index (χ2v) is 4.98. The minimum absolute atomic E-state index is 0.296. The molecule has 0 atom stereocenters. The first-order valence-corrected chi connectivity index (χ1v) is 6.87. The topological polar surface area (TPSA) is 73.6 Å². The molecule has 1 N–H and O–H groups in total. The number of rotatable bonds is 4. The molecule has 0 radical (unpaired) electrons. The van der Waals surface area contributed by atoms with Crippen LogP contribution in [0.4, 0.5) is 5.69 Å². The molecule has 5 heteroatoms. The van der Waals surface area contributed by atoms with Crippen molar-refractivity contribution < 1.29 is 14.6 Å². The lowest BCUT2D eigenvalue weighted by molar-refractivity contribution is -0.131. The lowest BCUT2D eigenvalue weighted by Crippen LogP contribution is -2.37. The van der Waals surface area contributed by atoms with E-state index in [0.29, 0.717) is 17.2 Å². The number of ether oxygens (including phenoxy) is 1. The lowest BCUT2D eigenvalue weighted by Gasteiger charge is -2.33. The predicted molar refractivity (Wildman–Crippen MR) is 80.1 cm³/mol. The van der Waals surface area contributed by atoms with Gasteiger partial charge in [0.2, 0.25) is 0 Å². The molecule has 1 fully saturated rings. The van der Waals surface area contributed by atoms with Gasteiger partial charge >= 0.3 is 5.97 Å². The normalized spacial score (nSPS) is 16.1. The number of aliphatic carboxylic acids is 1. The van der Waals surface area contributed by atoms with Gasteiger partial charge in [-0.25, -0.2) is 4.79 Å². The van der Waals surface area contributed by atoms with Gasteiger partial charge in [0.1, 0.15) is 6.07 Å². The van der Waals surface area contributed by atoms with Crippen molar-refractivity contribution in [2.75, 3.05) is 25.1 Å². The largest absolute Gasteiger partial charge is 0.478 e. The Labute approximate surface area is 124 Å². The van der Waals surface area contributed by atoms with Gasteiger partial charge in [0.25, 0.3) is 0 Å². The van der Waals surface area contributed by atoms with Crippen LogP contribution in [0.3, 0.4) is 0 Å². The number of piperidine rings is 1. The van der Waals surface area contributed by atoms with Gasteiger partial charge in [-0.3, -0.25) is 0 Å². The van der Waals surface area contributed by atoms with Crippen molar-refractivity contribution in [1.29, 1.82) is 5.26 Å². The molecule has 5 nitrogen and oxygen atoms in total. The molecule has 0 spiro atoms. The number of nitriles is 1. The van der Waals surface area contributed by atoms with Gasteiger partial charge in [-0.15, -0.1) is 0 Å². The summed E-state index contributed by atoms with van der Waals surface area (Å²) < 4.78 is 5.35. The van der Waals surface area contributed by atoms with E-state index in [2.05, 4.69) is 11.0 Å². The van der Waals surface area contributed by atoms with E-state index in [9.17, 15) is 10.1 Å². The summed E-state index contributed by atoms with van der Waals surface area (Å²) >= 11 is 0. The molecule has 0 aromatic heterocycles. The third-order valence-corrected chi connectivity index (χ3v) is 3.68. The third-order valence-electron chi connectivity index (χ3n) is 3.68. The Morgan fingerprint density at radius 2 is 2.19 bits per heavy atom. The van der Waals surface area contributed by atoms with Gasteiger partial charge in [-0.2, -0.15) is 5.26 Å². The fourth-order valence-corrected chi connectivity index (χ4v) is 2.52. The van der Waals surface area contributed by atoms with Crippen LogP contribution in [0.5, 0.6) is 0 Å². The van der Waals surface area contributed by atoms with E-state index in [1.807, 2.05) is 12.1 Å². The molecule has 0 bridgehead atoms. The van der Waals surface area contributed by atoms with Gasteiger partial charge < -0.3 is 14.7 Å². The molecule has 1 aliphatic heterocycles. The second-order valence-electron chi connectivity index (χ2n) is 4.98. The summed E-state index contributed by atoms with van der Waals surface area (Å²) in [6, 6.07) is 7.62. The van der Waals surface area contributed by atoms with Gasteiger partial charge in [0.05, 0.1) is 17.4 Å². The van der Waals surface area contributed by atoms with E-state index in [-0.39, 0.29) is 0 Å². The Hall–Kier alpha value is -2.32. The van der Waals surface area contributed by atoms with Crippen LogP contribution in [-0.4, -0.2) is 37.4 Å². The average Bonchev–Trinajstić information content (AvgIpc) is 2.52. The minimum Gasteiger partial charge on any atom is -0.478 e. The highest BCUT2D eigenvalue weighted by Crippen LogP contribution is 2.26. The van der Waals surface area contributed by atoms with Crippen molar-refractivity contribution in [1.82, 2.24) is 0 Å². The number of carboxylic acid groups (broad SMARTS) is 1. The molecule has 0 amide bonds. The van der Waals surface area contributed by atoms with Gasteiger partial charge in [0, 0.05) is 26.3 Å². The zero-order chi connectivity index (χ0) is 15.2. The quantitative estimate of drug-likeness (QED) is 0.859. The van der Waals surface area contributed by atoms with Gasteiger partial charge in [0.15, 0.2) is 0 Å². The van der Waals surface area contributed by atoms with Crippen LogP contribution in [0.2, 0.25) is 0 Å². The SMILES string of the molecule is COC1CCN(c2ccc(/C=C/C(=O)O)cc2C#N)CC1. The maximum Gasteiger partial charge on any atom is 0.328 e. The van der Waals surface area contributed by atoms with Crippen LogP contribution in [0.1, 0.15) is 24.0 Å². The van der Waals surface area contributed by atoms with E-state index in [1.54, 1.807) is 13.2 Å². The zero-order valence-electron chi connectivity index (χ0n) is 12.0. The van der Waals surface area contributed by atoms with E-state index in [4.69, 9.17) is 9.84 Å². The number of hydrogen-bond donors (Lipinski definition) is 1. The first-order chi connectivity index (χ1) is 10.1. The van der Waals surface area contributed by atoms with E-state index in [0.717, 1.165) is 37.7 Å². The highest BCUT2D eigenvalue weighted by Gasteiger charge is 2.20. The Morgan fingerprint density at radius 3 is 2.76 bits per heavy atom. The molecule has 21 heavy (non-hydrogen) atoms. The summed E-state index contributed by atoms with van der Waals surface area (Å²) in [5, 5.41) is 17.9. The molecule has 0 unspecified atom stereocenters. The van der Waals surface area contributed by atoms with Crippen molar-refractivity contribution in [3.05, 3.63) is 35.4 Å². The number of hydrogen-bond acceptors (Lipinski definition) is 4. The number of carbonyl (C=O) groups is 1. The maximum absolute atomic E-state index is 10.5. The van der Waals surface area contributed by atoms with Gasteiger partial charge in [-0.05, 0) is 36.6 Å². The number of methoxy groups -OCH3 is 1. The molecular weight excluding hydrogens is 268 g/mol. The number of benzene rings is 1. The van der Waals surface area contributed by atoms with Crippen LogP contribution in [0.25, 0.3) is 6.08 Å². The summed E-state index contributed by atoms with van der Waals surface area (Å²) in [6.07, 6.45) is 4.75. The van der Waals surface area contributed by atoms with Gasteiger partial charge in [-0.1, -0.05) is 6.07 Å². The van der Waals surface area contributed by atoms with E-state index in [1.165, 1.54) is 6.08 Å². The monoisotopic (exact) mass is 286 g/mol. The summed E-state index contributed by atoms with van der Waals surface area (Å²) in [4.78, 5) is 12.7. The summed E-state index contributed by atoms with van der Waals surface area (Å²) in [5.74, 6) is -1.00. The van der Waals surface area contributed by atoms with E-state index >= 15 is 0 Å². The minimum atomic E-state index is -1.00. The highest BCUT2D eigenvalue weighted by atomic mass is 16.5. The standard InChI is InChI=1S/C16H18N2O3/c1-21-14-6-8-18(9-7-14)15-4-2-12(3-5-16(19)20)10-13(15)11-17/h2-5,10,14H,6-9H2,1H3,(H,19,20)/b5-3+. The molecule has 0 aliphatic carbocycles. The Morgan fingerprint density at radius 1 is 1.48 bits per heavy atom. The molecule has 110 valence electrons. The molecule has 1 aromatic carbocycles. The van der Waals surface area contributed by atoms with Crippen LogP contribution in [-0.2, 0) is 9.53 Å². The van der Waals surface area contributed by atoms with Crippen molar-refractivity contribution in [2.45, 2.75) is 18.9 Å². The van der Waals surface area contributed by atoms with Crippen LogP contribution < -0.4 is 4.90 Å². The van der Waals surface area contributed by atoms with E-state index < -0.39 is 5.97 Å². The first kappa shape index (κ1) is 15.1. The Bertz CT molecular complexity index is 582. The number of nitrogens with zero attached hydrogens (tertiary/aromatic N) is 2. The third kappa shape index (κ3) is 3.83. The molecule has 0 saturated carbocycles. The zero-order valence-corrected chi connectivity index (χ0v) is 12.0. The molecule has 2 rings (SSSR count). The van der Waals surface area contributed by atoms with Crippen molar-refractivity contribution in [3.8, 4) is 6.07 Å². The summed E-state index contributed by atoms with van der Waals surface area (Å²) in [6.45, 7) is 1.72. The fraction of sp³-hybridized carbons (Fsp3) is 0.375. The van der Waals surface area contributed by atoms with Crippen molar-refractivity contribution in [2.24, 2.45) is 0 Å². The first-order valence-electron chi connectivity index (χ1n) is 6.87. The fourth-order valence-electron chi connectivity index (χ4n) is 2.52. The summed E-state index contributed by atoms with van der Waals surface area (Å²) in [7, 11) is 1.73. The smallest absolute Gasteiger partial charge is 0.328 e. The lowest BCUT2D eigenvalue weighted by atomic mass is 10.0. The van der Waals surface area contributed by atoms with Crippen molar-refractivity contribution >= 4 is 17.7 Å². The second kappa shape index (κ2) is 6.91. The molecule has 1 saturated heterocycles. The maximum atomic E-state index is 10.5. The molecular formula is C16H18N2O3. The summed E-state index contributed by atoms with van der Waals surface area (Å²) in [5.41, 5.74) is 2.18. The number of carboxylic acids is 1.